The maximum absolute atomic E-state index is 11.3. The van der Waals surface area contributed by atoms with Crippen LogP contribution in [-0.2, 0) is 4.79 Å². The number of aromatic nitrogens is 1. The van der Waals surface area contributed by atoms with Gasteiger partial charge in [0.2, 0.25) is 5.91 Å². The number of hydrogen-bond donors (Lipinski definition) is 2. The molecule has 6 heteroatoms. The van der Waals surface area contributed by atoms with Crippen LogP contribution in [0.2, 0.25) is 0 Å². The minimum Gasteiger partial charge on any atom is -0.389 e. The first kappa shape index (κ1) is 10.8. The fourth-order valence-electron chi connectivity index (χ4n) is 1.69. The summed E-state index contributed by atoms with van der Waals surface area (Å²) >= 11 is 4.97. The van der Waals surface area contributed by atoms with Crippen molar-refractivity contribution in [2.45, 2.75) is 0 Å². The van der Waals surface area contributed by atoms with Crippen LogP contribution in [-0.4, -0.2) is 35.5 Å². The SMILES string of the molecule is NC(=S)c1ccncc1N1CCNC(=O)C1. The van der Waals surface area contributed by atoms with Crippen molar-refractivity contribution in [2.75, 3.05) is 24.5 Å². The van der Waals surface area contributed by atoms with E-state index in [1.54, 1.807) is 18.5 Å². The lowest BCUT2D eigenvalue weighted by Crippen LogP contribution is -2.48. The second-order valence-corrected chi connectivity index (χ2v) is 3.97. The summed E-state index contributed by atoms with van der Waals surface area (Å²) in [7, 11) is 0. The van der Waals surface area contributed by atoms with Crippen LogP contribution in [0.25, 0.3) is 0 Å². The number of thiocarbonyl (C=S) groups is 1. The molecule has 0 aromatic carbocycles. The molecule has 0 aliphatic carbocycles. The Kier molecular flexibility index (Phi) is 3.00. The lowest BCUT2D eigenvalue weighted by molar-refractivity contribution is -0.120. The molecule has 0 saturated carbocycles. The van der Waals surface area contributed by atoms with Crippen molar-refractivity contribution in [2.24, 2.45) is 5.73 Å². The number of nitrogens with two attached hydrogens (primary N) is 1. The Morgan fingerprint density at radius 1 is 1.62 bits per heavy atom. The van der Waals surface area contributed by atoms with Gasteiger partial charge in [-0.05, 0) is 6.07 Å². The lowest BCUT2D eigenvalue weighted by Gasteiger charge is -2.29. The van der Waals surface area contributed by atoms with E-state index in [1.807, 2.05) is 4.90 Å². The highest BCUT2D eigenvalue weighted by atomic mass is 32.1. The maximum Gasteiger partial charge on any atom is 0.239 e. The average Bonchev–Trinajstić information content (AvgIpc) is 2.29. The van der Waals surface area contributed by atoms with Gasteiger partial charge in [0.25, 0.3) is 0 Å². The van der Waals surface area contributed by atoms with E-state index in [9.17, 15) is 4.79 Å². The van der Waals surface area contributed by atoms with E-state index >= 15 is 0 Å². The van der Waals surface area contributed by atoms with E-state index in [4.69, 9.17) is 18.0 Å². The normalized spacial score (nSPS) is 15.8. The van der Waals surface area contributed by atoms with Crippen molar-refractivity contribution in [1.82, 2.24) is 10.3 Å². The average molecular weight is 236 g/mol. The predicted molar refractivity (Wildman–Crippen MR) is 65.3 cm³/mol. The topological polar surface area (TPSA) is 71.2 Å². The van der Waals surface area contributed by atoms with Gasteiger partial charge in [-0.3, -0.25) is 9.78 Å². The molecule has 0 bridgehead atoms. The summed E-state index contributed by atoms with van der Waals surface area (Å²) in [4.78, 5) is 17.6. The maximum atomic E-state index is 11.3. The highest BCUT2D eigenvalue weighted by Crippen LogP contribution is 2.19. The van der Waals surface area contributed by atoms with Crippen molar-refractivity contribution in [3.63, 3.8) is 0 Å². The first-order valence-electron chi connectivity index (χ1n) is 4.94. The van der Waals surface area contributed by atoms with Crippen LogP contribution in [0.1, 0.15) is 5.56 Å². The molecule has 0 radical (unpaired) electrons. The monoisotopic (exact) mass is 236 g/mol. The van der Waals surface area contributed by atoms with E-state index in [-0.39, 0.29) is 5.91 Å². The van der Waals surface area contributed by atoms with Crippen LogP contribution < -0.4 is 16.0 Å². The first-order chi connectivity index (χ1) is 7.68. The molecule has 0 unspecified atom stereocenters. The van der Waals surface area contributed by atoms with Gasteiger partial charge in [-0.1, -0.05) is 12.2 Å². The number of nitrogens with zero attached hydrogens (tertiary/aromatic N) is 2. The molecule has 2 rings (SSSR count). The Bertz CT molecular complexity index is 435. The van der Waals surface area contributed by atoms with E-state index in [1.165, 1.54) is 0 Å². The van der Waals surface area contributed by atoms with Crippen LogP contribution in [0.15, 0.2) is 18.5 Å². The van der Waals surface area contributed by atoms with Crippen LogP contribution in [0.3, 0.4) is 0 Å². The van der Waals surface area contributed by atoms with Gasteiger partial charge in [-0.25, -0.2) is 0 Å². The molecule has 1 saturated heterocycles. The third kappa shape index (κ3) is 2.11. The number of amides is 1. The number of anilines is 1. The molecule has 1 amide bonds. The predicted octanol–water partition coefficient (Wildman–Crippen LogP) is -0.348. The zero-order valence-corrected chi connectivity index (χ0v) is 9.46. The summed E-state index contributed by atoms with van der Waals surface area (Å²) in [5.74, 6) is 0.00370. The van der Waals surface area contributed by atoms with Gasteiger partial charge in [0.1, 0.15) is 4.99 Å². The Morgan fingerprint density at radius 2 is 2.44 bits per heavy atom. The third-order valence-corrected chi connectivity index (χ3v) is 2.66. The molecule has 1 aromatic heterocycles. The van der Waals surface area contributed by atoms with Crippen molar-refractivity contribution in [3.05, 3.63) is 24.0 Å². The number of carbonyl (C=O) groups is 1. The molecule has 1 aliphatic heterocycles. The summed E-state index contributed by atoms with van der Waals surface area (Å²) in [6.45, 7) is 1.69. The van der Waals surface area contributed by atoms with Gasteiger partial charge in [0, 0.05) is 24.8 Å². The van der Waals surface area contributed by atoms with Crippen LogP contribution >= 0.6 is 12.2 Å². The Labute approximate surface area is 98.6 Å². The van der Waals surface area contributed by atoms with Gasteiger partial charge < -0.3 is 16.0 Å². The molecule has 3 N–H and O–H groups in total. The molecule has 0 atom stereocenters. The lowest BCUT2D eigenvalue weighted by atomic mass is 10.2. The largest absolute Gasteiger partial charge is 0.389 e. The molecule has 1 aromatic rings. The van der Waals surface area contributed by atoms with E-state index in [0.717, 1.165) is 17.8 Å². The van der Waals surface area contributed by atoms with Crippen LogP contribution in [0, 0.1) is 0 Å². The molecule has 2 heterocycles. The van der Waals surface area contributed by atoms with Gasteiger partial charge in [-0.15, -0.1) is 0 Å². The molecule has 16 heavy (non-hydrogen) atoms. The zero-order valence-electron chi connectivity index (χ0n) is 8.64. The molecule has 1 fully saturated rings. The molecule has 1 aliphatic rings. The summed E-state index contributed by atoms with van der Waals surface area (Å²) in [6.07, 6.45) is 3.33. The molecular weight excluding hydrogens is 224 g/mol. The van der Waals surface area contributed by atoms with Crippen molar-refractivity contribution in [1.29, 1.82) is 0 Å². The van der Waals surface area contributed by atoms with Crippen LogP contribution in [0.5, 0.6) is 0 Å². The van der Waals surface area contributed by atoms with Gasteiger partial charge in [0.15, 0.2) is 0 Å². The second-order valence-electron chi connectivity index (χ2n) is 3.53. The van der Waals surface area contributed by atoms with E-state index in [2.05, 4.69) is 10.3 Å². The zero-order chi connectivity index (χ0) is 11.5. The van der Waals surface area contributed by atoms with Crippen molar-refractivity contribution < 1.29 is 4.79 Å². The van der Waals surface area contributed by atoms with Gasteiger partial charge >= 0.3 is 0 Å². The fraction of sp³-hybridized carbons (Fsp3) is 0.300. The number of hydrogen-bond acceptors (Lipinski definition) is 4. The Balaban J connectivity index is 2.32. The van der Waals surface area contributed by atoms with Crippen molar-refractivity contribution >= 4 is 28.8 Å². The standard InChI is InChI=1S/C10H12N4OS/c11-10(16)7-1-2-12-5-8(7)14-4-3-13-9(15)6-14/h1-2,5H,3-4,6H2,(H2,11,16)(H,13,15). The number of carbonyl (C=O) groups excluding carboxylic acids is 1. The van der Waals surface area contributed by atoms with Crippen LogP contribution in [0.4, 0.5) is 5.69 Å². The highest BCUT2D eigenvalue weighted by Gasteiger charge is 2.19. The third-order valence-electron chi connectivity index (χ3n) is 2.44. The number of nitrogens with one attached hydrogen (secondary N) is 1. The number of piperazine rings is 1. The molecule has 0 spiro atoms. The summed E-state index contributed by atoms with van der Waals surface area (Å²) in [5.41, 5.74) is 7.22. The number of rotatable bonds is 2. The van der Waals surface area contributed by atoms with Gasteiger partial charge in [-0.2, -0.15) is 0 Å². The number of pyridine rings is 1. The molecule has 84 valence electrons. The van der Waals surface area contributed by atoms with E-state index in [0.29, 0.717) is 18.1 Å². The van der Waals surface area contributed by atoms with Crippen molar-refractivity contribution in [3.8, 4) is 0 Å². The minimum absolute atomic E-state index is 0.00370. The Morgan fingerprint density at radius 3 is 3.12 bits per heavy atom. The first-order valence-corrected chi connectivity index (χ1v) is 5.35. The second kappa shape index (κ2) is 4.44. The molecule has 5 nitrogen and oxygen atoms in total. The van der Waals surface area contributed by atoms with E-state index < -0.39 is 0 Å². The Hall–Kier alpha value is -1.69. The summed E-state index contributed by atoms with van der Waals surface area (Å²) in [5, 5.41) is 2.77. The highest BCUT2D eigenvalue weighted by molar-refractivity contribution is 7.80. The van der Waals surface area contributed by atoms with Gasteiger partial charge in [0.05, 0.1) is 18.4 Å². The summed E-state index contributed by atoms with van der Waals surface area (Å²) < 4.78 is 0. The summed E-state index contributed by atoms with van der Waals surface area (Å²) in [6, 6.07) is 1.77. The molecular formula is C10H12N4OS. The fourth-order valence-corrected chi connectivity index (χ4v) is 1.86. The minimum atomic E-state index is 0.00370. The quantitative estimate of drug-likeness (QED) is 0.687. The smallest absolute Gasteiger partial charge is 0.239 e.